The van der Waals surface area contributed by atoms with Crippen LogP contribution in [0, 0.1) is 0 Å². The summed E-state index contributed by atoms with van der Waals surface area (Å²) < 4.78 is 0. The first-order chi connectivity index (χ1) is 13.3. The van der Waals surface area contributed by atoms with Gasteiger partial charge < -0.3 is 4.79 Å². The standard InChI is InChI=1S/C26H44O/c1-25(27)21-17-14-12-10-8-6-4-2-3-5-7-9-11-13-15-18-22-26-23-19-16-20-24-26/h16,19-20,23-24H,2-15,17-18,21-22H2,1H3. The zero-order valence-corrected chi connectivity index (χ0v) is 18.0. The van der Waals surface area contributed by atoms with Crippen LogP contribution in [0.1, 0.15) is 122 Å². The number of benzene rings is 1. The van der Waals surface area contributed by atoms with E-state index < -0.39 is 0 Å². The average Bonchev–Trinajstić information content (AvgIpc) is 2.67. The normalized spacial score (nSPS) is 11.0. The Hall–Kier alpha value is -1.11. The van der Waals surface area contributed by atoms with Crippen molar-refractivity contribution in [3.63, 3.8) is 0 Å². The van der Waals surface area contributed by atoms with Crippen molar-refractivity contribution in [3.05, 3.63) is 35.9 Å². The third-order valence-electron chi connectivity index (χ3n) is 5.59. The van der Waals surface area contributed by atoms with Crippen molar-refractivity contribution in [3.8, 4) is 0 Å². The molecule has 0 aliphatic rings. The van der Waals surface area contributed by atoms with Crippen LogP contribution < -0.4 is 0 Å². The second-order valence-electron chi connectivity index (χ2n) is 8.34. The summed E-state index contributed by atoms with van der Waals surface area (Å²) in [7, 11) is 0. The van der Waals surface area contributed by atoms with Gasteiger partial charge in [0.15, 0.2) is 0 Å². The van der Waals surface area contributed by atoms with Crippen molar-refractivity contribution >= 4 is 5.78 Å². The molecular weight excluding hydrogens is 328 g/mol. The minimum absolute atomic E-state index is 0.345. The summed E-state index contributed by atoms with van der Waals surface area (Å²) in [5, 5.41) is 0. The molecule has 1 rings (SSSR count). The van der Waals surface area contributed by atoms with E-state index in [2.05, 4.69) is 30.3 Å². The summed E-state index contributed by atoms with van der Waals surface area (Å²) >= 11 is 0. The number of hydrogen-bond acceptors (Lipinski definition) is 1. The highest BCUT2D eigenvalue weighted by Gasteiger charge is 1.96. The summed E-state index contributed by atoms with van der Waals surface area (Å²) in [6.07, 6.45) is 24.1. The number of ketones is 1. The molecule has 154 valence electrons. The maximum Gasteiger partial charge on any atom is 0.129 e. The Labute approximate surface area is 169 Å². The predicted octanol–water partition coefficient (Wildman–Crippen LogP) is 8.45. The Kier molecular flexibility index (Phi) is 16.2. The van der Waals surface area contributed by atoms with E-state index in [0.29, 0.717) is 5.78 Å². The zero-order valence-electron chi connectivity index (χ0n) is 18.0. The number of unbranched alkanes of at least 4 members (excludes halogenated alkanes) is 15. The number of aryl methyl sites for hydroxylation is 1. The molecule has 0 atom stereocenters. The van der Waals surface area contributed by atoms with E-state index in [9.17, 15) is 4.79 Å². The van der Waals surface area contributed by atoms with Crippen molar-refractivity contribution in [2.75, 3.05) is 0 Å². The molecule has 0 radical (unpaired) electrons. The molecule has 0 aliphatic carbocycles. The molecule has 27 heavy (non-hydrogen) atoms. The molecule has 0 saturated heterocycles. The van der Waals surface area contributed by atoms with E-state index in [-0.39, 0.29) is 0 Å². The van der Waals surface area contributed by atoms with Gasteiger partial charge in [0.05, 0.1) is 0 Å². The summed E-state index contributed by atoms with van der Waals surface area (Å²) in [5.41, 5.74) is 1.49. The van der Waals surface area contributed by atoms with E-state index >= 15 is 0 Å². The topological polar surface area (TPSA) is 17.1 Å². The SMILES string of the molecule is CC(=O)CCCCCCCCCCCCCCCCCCc1ccccc1. The summed E-state index contributed by atoms with van der Waals surface area (Å²) in [6, 6.07) is 10.9. The first-order valence-electron chi connectivity index (χ1n) is 11.8. The smallest absolute Gasteiger partial charge is 0.129 e. The van der Waals surface area contributed by atoms with Crippen LogP contribution >= 0.6 is 0 Å². The highest BCUT2D eigenvalue weighted by molar-refractivity contribution is 5.75. The summed E-state index contributed by atoms with van der Waals surface area (Å²) in [4.78, 5) is 10.9. The molecule has 1 nitrogen and oxygen atoms in total. The molecule has 0 spiro atoms. The van der Waals surface area contributed by atoms with Crippen molar-refractivity contribution in [1.29, 1.82) is 0 Å². The van der Waals surface area contributed by atoms with Crippen molar-refractivity contribution in [1.82, 2.24) is 0 Å². The van der Waals surface area contributed by atoms with Gasteiger partial charge in [-0.2, -0.15) is 0 Å². The van der Waals surface area contributed by atoms with Gasteiger partial charge in [0.25, 0.3) is 0 Å². The molecular formula is C26H44O. The molecule has 0 aromatic heterocycles. The van der Waals surface area contributed by atoms with E-state index in [1.807, 2.05) is 0 Å². The Morgan fingerprint density at radius 3 is 1.33 bits per heavy atom. The molecule has 0 bridgehead atoms. The minimum atomic E-state index is 0.345. The fraction of sp³-hybridized carbons (Fsp3) is 0.731. The van der Waals surface area contributed by atoms with E-state index in [4.69, 9.17) is 0 Å². The Morgan fingerprint density at radius 1 is 0.556 bits per heavy atom. The van der Waals surface area contributed by atoms with Crippen LogP contribution in [0.4, 0.5) is 0 Å². The molecule has 0 heterocycles. The molecule has 0 fully saturated rings. The fourth-order valence-corrected chi connectivity index (χ4v) is 3.82. The Balaban J connectivity index is 1.69. The lowest BCUT2D eigenvalue weighted by Gasteiger charge is -2.04. The van der Waals surface area contributed by atoms with E-state index in [1.165, 1.54) is 108 Å². The molecule has 1 heteroatoms. The van der Waals surface area contributed by atoms with Gasteiger partial charge in [-0.25, -0.2) is 0 Å². The van der Waals surface area contributed by atoms with Crippen molar-refractivity contribution in [2.45, 2.75) is 122 Å². The predicted molar refractivity (Wildman–Crippen MR) is 119 cm³/mol. The molecule has 0 amide bonds. The van der Waals surface area contributed by atoms with Crippen molar-refractivity contribution in [2.24, 2.45) is 0 Å². The summed E-state index contributed by atoms with van der Waals surface area (Å²) in [5.74, 6) is 0.345. The zero-order chi connectivity index (χ0) is 19.4. The summed E-state index contributed by atoms with van der Waals surface area (Å²) in [6.45, 7) is 1.70. The van der Waals surface area contributed by atoms with Gasteiger partial charge in [-0.1, -0.05) is 120 Å². The van der Waals surface area contributed by atoms with Gasteiger partial charge >= 0.3 is 0 Å². The molecule has 0 aliphatic heterocycles. The van der Waals surface area contributed by atoms with Crippen LogP contribution in [-0.4, -0.2) is 5.78 Å². The largest absolute Gasteiger partial charge is 0.300 e. The van der Waals surface area contributed by atoms with Crippen LogP contribution in [-0.2, 0) is 11.2 Å². The number of rotatable bonds is 19. The van der Waals surface area contributed by atoms with Gasteiger partial charge in [-0.15, -0.1) is 0 Å². The fourth-order valence-electron chi connectivity index (χ4n) is 3.82. The van der Waals surface area contributed by atoms with Crippen LogP contribution in [0.3, 0.4) is 0 Å². The highest BCUT2D eigenvalue weighted by Crippen LogP contribution is 2.14. The van der Waals surface area contributed by atoms with Crippen molar-refractivity contribution < 1.29 is 4.79 Å². The Morgan fingerprint density at radius 2 is 0.926 bits per heavy atom. The first kappa shape index (κ1) is 23.9. The number of Topliss-reactive ketones (excluding diaryl/α,β-unsaturated/α-hetero) is 1. The number of hydrogen-bond donors (Lipinski definition) is 0. The third-order valence-corrected chi connectivity index (χ3v) is 5.59. The molecule has 0 N–H and O–H groups in total. The van der Waals surface area contributed by atoms with E-state index in [1.54, 1.807) is 6.92 Å². The second-order valence-corrected chi connectivity index (χ2v) is 8.34. The highest BCUT2D eigenvalue weighted by atomic mass is 16.1. The average molecular weight is 373 g/mol. The van der Waals surface area contributed by atoms with Crippen LogP contribution in [0.25, 0.3) is 0 Å². The molecule has 1 aromatic carbocycles. The van der Waals surface area contributed by atoms with Gasteiger partial charge in [0.2, 0.25) is 0 Å². The molecule has 0 saturated carbocycles. The van der Waals surface area contributed by atoms with E-state index in [0.717, 1.165) is 12.8 Å². The lowest BCUT2D eigenvalue weighted by Crippen LogP contribution is -1.89. The van der Waals surface area contributed by atoms with Crippen LogP contribution in [0.15, 0.2) is 30.3 Å². The maximum absolute atomic E-state index is 10.9. The third kappa shape index (κ3) is 16.8. The first-order valence-corrected chi connectivity index (χ1v) is 11.8. The lowest BCUT2D eigenvalue weighted by atomic mass is 10.0. The number of carbonyl (C=O) groups is 1. The Bertz CT molecular complexity index is 437. The lowest BCUT2D eigenvalue weighted by molar-refractivity contribution is -0.117. The molecule has 0 unspecified atom stereocenters. The second kappa shape index (κ2) is 18.3. The van der Waals surface area contributed by atoms with Gasteiger partial charge in [-0.3, -0.25) is 0 Å². The van der Waals surface area contributed by atoms with Crippen LogP contribution in [0.2, 0.25) is 0 Å². The van der Waals surface area contributed by atoms with Gasteiger partial charge in [-0.05, 0) is 31.7 Å². The van der Waals surface area contributed by atoms with Gasteiger partial charge in [0.1, 0.15) is 5.78 Å². The minimum Gasteiger partial charge on any atom is -0.300 e. The number of carbonyl (C=O) groups excluding carboxylic acids is 1. The quantitative estimate of drug-likeness (QED) is 0.223. The molecule has 1 aromatic rings. The maximum atomic E-state index is 10.9. The van der Waals surface area contributed by atoms with Gasteiger partial charge in [0, 0.05) is 6.42 Å². The van der Waals surface area contributed by atoms with Crippen LogP contribution in [0.5, 0.6) is 0 Å². The monoisotopic (exact) mass is 372 g/mol.